The molecule has 0 aliphatic carbocycles. The van der Waals surface area contributed by atoms with Crippen molar-refractivity contribution in [1.29, 1.82) is 0 Å². The van der Waals surface area contributed by atoms with E-state index in [0.29, 0.717) is 5.78 Å². The van der Waals surface area contributed by atoms with Crippen LogP contribution in [0.15, 0.2) is 5.10 Å². The maximum Gasteiger partial charge on any atom is 0.149 e. The van der Waals surface area contributed by atoms with E-state index in [1.165, 1.54) is 57.8 Å². The summed E-state index contributed by atoms with van der Waals surface area (Å²) in [4.78, 5) is 12.5. The topological polar surface area (TPSA) is 53.5 Å². The van der Waals surface area contributed by atoms with E-state index in [1.807, 2.05) is 0 Å². The maximum absolute atomic E-state index is 12.5. The predicted octanol–water partition coefficient (Wildman–Crippen LogP) is 4.83. The molecule has 1 atom stereocenters. The zero-order valence-electron chi connectivity index (χ0n) is 16.2. The first kappa shape index (κ1) is 23.1. The average molecular weight is 340 g/mol. The monoisotopic (exact) mass is 339 g/mol. The molecule has 0 saturated carbocycles. The van der Waals surface area contributed by atoms with Gasteiger partial charge in [-0.1, -0.05) is 65.2 Å². The number of hydrogen-bond donors (Lipinski definition) is 2. The van der Waals surface area contributed by atoms with Gasteiger partial charge in [0.15, 0.2) is 0 Å². The second-order valence-corrected chi connectivity index (χ2v) is 6.76. The van der Waals surface area contributed by atoms with Crippen molar-refractivity contribution in [1.82, 2.24) is 10.7 Å². The minimum absolute atomic E-state index is 0.0221. The summed E-state index contributed by atoms with van der Waals surface area (Å²) >= 11 is 0. The van der Waals surface area contributed by atoms with E-state index < -0.39 is 0 Å². The molecular weight excluding hydrogens is 298 g/mol. The Bertz CT molecular complexity index is 295. The minimum Gasteiger partial charge on any atom is -0.311 e. The Morgan fingerprint density at radius 3 is 2.17 bits per heavy atom. The molecule has 0 radical (unpaired) electrons. The van der Waals surface area contributed by atoms with Crippen LogP contribution in [-0.4, -0.2) is 31.6 Å². The molecule has 142 valence electrons. The highest BCUT2D eigenvalue weighted by atomic mass is 16.1. The first-order chi connectivity index (χ1) is 11.8. The van der Waals surface area contributed by atoms with Crippen molar-refractivity contribution in [3.63, 3.8) is 0 Å². The largest absolute Gasteiger partial charge is 0.311 e. The van der Waals surface area contributed by atoms with Gasteiger partial charge in [-0.25, -0.2) is 0 Å². The van der Waals surface area contributed by atoms with Crippen LogP contribution < -0.4 is 10.7 Å². The van der Waals surface area contributed by atoms with Crippen molar-refractivity contribution in [2.75, 3.05) is 13.1 Å². The molecule has 0 bridgehead atoms. The van der Waals surface area contributed by atoms with E-state index in [-0.39, 0.29) is 6.04 Å². The van der Waals surface area contributed by atoms with E-state index >= 15 is 0 Å². The molecule has 0 aliphatic rings. The van der Waals surface area contributed by atoms with Crippen LogP contribution in [-0.2, 0) is 4.79 Å². The molecule has 0 fully saturated rings. The van der Waals surface area contributed by atoms with Gasteiger partial charge < -0.3 is 10.7 Å². The van der Waals surface area contributed by atoms with Gasteiger partial charge in [0.25, 0.3) is 0 Å². The van der Waals surface area contributed by atoms with Crippen molar-refractivity contribution in [2.45, 2.75) is 103 Å². The molecule has 0 saturated heterocycles. The van der Waals surface area contributed by atoms with E-state index in [4.69, 9.17) is 0 Å². The van der Waals surface area contributed by atoms with Crippen molar-refractivity contribution in [3.05, 3.63) is 0 Å². The van der Waals surface area contributed by atoms with Gasteiger partial charge >= 0.3 is 0 Å². The van der Waals surface area contributed by atoms with Gasteiger partial charge in [-0.05, 0) is 32.2 Å². The van der Waals surface area contributed by atoms with Gasteiger partial charge in [-0.3, -0.25) is 4.79 Å². The van der Waals surface area contributed by atoms with Crippen LogP contribution in [0.3, 0.4) is 0 Å². The molecule has 0 aliphatic heterocycles. The number of carbonyl (C=O) groups excluding carboxylic acids is 1. The van der Waals surface area contributed by atoms with Crippen LogP contribution in [0, 0.1) is 0 Å². The molecular formula is C20H41N3O. The minimum atomic E-state index is 0.0221. The quantitative estimate of drug-likeness (QED) is 0.201. The number of nitrogens with one attached hydrogen (secondary N) is 2. The van der Waals surface area contributed by atoms with Gasteiger partial charge in [0.05, 0.1) is 6.04 Å². The number of unbranched alkanes of at least 4 members (excludes halogenated alkanes) is 8. The third-order valence-electron chi connectivity index (χ3n) is 4.48. The summed E-state index contributed by atoms with van der Waals surface area (Å²) in [6, 6.07) is 0.0221. The highest BCUT2D eigenvalue weighted by molar-refractivity contribution is 5.83. The summed E-state index contributed by atoms with van der Waals surface area (Å²) in [7, 11) is 0. The van der Waals surface area contributed by atoms with Crippen LogP contribution in [0.4, 0.5) is 0 Å². The summed E-state index contributed by atoms with van der Waals surface area (Å²) in [5.41, 5.74) is 2.87. The summed E-state index contributed by atoms with van der Waals surface area (Å²) in [5, 5.41) is 7.16. The number of hydrogen-bond acceptors (Lipinski definition) is 4. The molecule has 0 rings (SSSR count). The zero-order chi connectivity index (χ0) is 17.9. The van der Waals surface area contributed by atoms with Crippen LogP contribution in [0.5, 0.6) is 0 Å². The second-order valence-electron chi connectivity index (χ2n) is 6.76. The van der Waals surface area contributed by atoms with Gasteiger partial charge in [-0.2, -0.15) is 5.10 Å². The fourth-order valence-corrected chi connectivity index (χ4v) is 2.92. The Labute approximate surface area is 150 Å². The summed E-state index contributed by atoms with van der Waals surface area (Å²) in [5.74, 6) is 0.392. The SMILES string of the molecule is C=NNCCCC(NCCCCCCCC)C(=O)CCCCCC. The van der Waals surface area contributed by atoms with Crippen molar-refractivity contribution in [2.24, 2.45) is 5.10 Å². The summed E-state index contributed by atoms with van der Waals surface area (Å²) < 4.78 is 0. The maximum atomic E-state index is 12.5. The van der Waals surface area contributed by atoms with Crippen LogP contribution in [0.25, 0.3) is 0 Å². The smallest absolute Gasteiger partial charge is 0.149 e. The van der Waals surface area contributed by atoms with Crippen LogP contribution in [0.1, 0.15) is 97.3 Å². The number of nitrogens with zero attached hydrogens (tertiary/aromatic N) is 1. The Balaban J connectivity index is 3.97. The van der Waals surface area contributed by atoms with E-state index in [0.717, 1.165) is 38.8 Å². The summed E-state index contributed by atoms with van der Waals surface area (Å²) in [6.07, 6.45) is 15.0. The normalized spacial score (nSPS) is 12.1. The first-order valence-electron chi connectivity index (χ1n) is 10.2. The van der Waals surface area contributed by atoms with Gasteiger partial charge in [0.2, 0.25) is 0 Å². The molecule has 1 unspecified atom stereocenters. The fraction of sp³-hybridized carbons (Fsp3) is 0.900. The Kier molecular flexibility index (Phi) is 17.7. The molecule has 0 aromatic rings. The van der Waals surface area contributed by atoms with Crippen LogP contribution in [0.2, 0.25) is 0 Å². The highest BCUT2D eigenvalue weighted by Crippen LogP contribution is 2.09. The van der Waals surface area contributed by atoms with E-state index in [1.54, 1.807) is 0 Å². The Morgan fingerprint density at radius 2 is 1.50 bits per heavy atom. The average Bonchev–Trinajstić information content (AvgIpc) is 2.59. The first-order valence-corrected chi connectivity index (χ1v) is 10.2. The summed E-state index contributed by atoms with van der Waals surface area (Å²) in [6.45, 7) is 9.62. The van der Waals surface area contributed by atoms with Crippen LogP contribution >= 0.6 is 0 Å². The van der Waals surface area contributed by atoms with Gasteiger partial charge in [-0.15, -0.1) is 0 Å². The van der Waals surface area contributed by atoms with Gasteiger partial charge in [0, 0.05) is 19.7 Å². The predicted molar refractivity (Wildman–Crippen MR) is 106 cm³/mol. The number of Topliss-reactive ketones (excluding diaryl/α,β-unsaturated/α-hetero) is 1. The molecule has 2 N–H and O–H groups in total. The van der Waals surface area contributed by atoms with E-state index in [2.05, 4.69) is 36.4 Å². The Hall–Kier alpha value is -0.900. The molecule has 0 aromatic heterocycles. The van der Waals surface area contributed by atoms with Crippen molar-refractivity contribution >= 4 is 12.5 Å². The van der Waals surface area contributed by atoms with Crippen molar-refractivity contribution in [3.8, 4) is 0 Å². The fourth-order valence-electron chi connectivity index (χ4n) is 2.92. The number of hydrazone groups is 1. The number of carbonyl (C=O) groups is 1. The lowest BCUT2D eigenvalue weighted by Crippen LogP contribution is -2.37. The molecule has 4 nitrogen and oxygen atoms in total. The van der Waals surface area contributed by atoms with Crippen molar-refractivity contribution < 1.29 is 4.79 Å². The lowest BCUT2D eigenvalue weighted by Gasteiger charge is -2.18. The third kappa shape index (κ3) is 14.7. The number of rotatable bonds is 19. The zero-order valence-corrected chi connectivity index (χ0v) is 16.2. The second kappa shape index (κ2) is 18.4. The molecule has 0 spiro atoms. The van der Waals surface area contributed by atoms with Gasteiger partial charge in [0.1, 0.15) is 5.78 Å². The molecule has 4 heteroatoms. The lowest BCUT2D eigenvalue weighted by atomic mass is 10.0. The third-order valence-corrected chi connectivity index (χ3v) is 4.48. The molecule has 24 heavy (non-hydrogen) atoms. The van der Waals surface area contributed by atoms with E-state index in [9.17, 15) is 4.79 Å². The Morgan fingerprint density at radius 1 is 0.875 bits per heavy atom. The molecule has 0 heterocycles. The lowest BCUT2D eigenvalue weighted by molar-refractivity contribution is -0.121. The molecule has 0 amide bonds. The molecule has 0 aromatic carbocycles. The standard InChI is InChI=1S/C20H41N3O/c1-4-6-8-10-11-13-17-22-19(15-14-18-23-21-3)20(24)16-12-9-7-5-2/h19,22-23H,3-18H2,1-2H3. The number of ketones is 1. The highest BCUT2D eigenvalue weighted by Gasteiger charge is 2.16.